The maximum absolute atomic E-state index is 12.6. The molecule has 0 aromatic carbocycles. The molecule has 1 saturated carbocycles. The highest BCUT2D eigenvalue weighted by atomic mass is 32.2. The summed E-state index contributed by atoms with van der Waals surface area (Å²) in [4.78, 5) is 14.8. The zero-order chi connectivity index (χ0) is 13.1. The van der Waals surface area contributed by atoms with E-state index in [9.17, 15) is 4.79 Å². The van der Waals surface area contributed by atoms with Crippen LogP contribution in [0.5, 0.6) is 0 Å². The smallest absolute Gasteiger partial charge is 0.224 e. The highest BCUT2D eigenvalue weighted by molar-refractivity contribution is 7.99. The summed E-state index contributed by atoms with van der Waals surface area (Å²) >= 11 is 1.98. The molecular weight excluding hydrogens is 256 g/mol. The zero-order valence-corrected chi connectivity index (χ0v) is 12.6. The molecule has 108 valence electrons. The Balaban J connectivity index is 1.58. The SMILES string of the molecule is O=C(CC1CSCCN1)N1CCCC2CCCCC21. The first-order chi connectivity index (χ1) is 9.34. The zero-order valence-electron chi connectivity index (χ0n) is 11.8. The average Bonchev–Trinajstić information content (AvgIpc) is 2.47. The van der Waals surface area contributed by atoms with Gasteiger partial charge in [0.15, 0.2) is 0 Å². The molecule has 0 aromatic rings. The third kappa shape index (κ3) is 3.27. The normalized spacial score (nSPS) is 35.8. The van der Waals surface area contributed by atoms with Crippen molar-refractivity contribution < 1.29 is 4.79 Å². The number of nitrogens with one attached hydrogen (secondary N) is 1. The molecule has 3 atom stereocenters. The fourth-order valence-electron chi connectivity index (χ4n) is 4.01. The minimum absolute atomic E-state index is 0.412. The van der Waals surface area contributed by atoms with E-state index in [1.165, 1.54) is 44.3 Å². The van der Waals surface area contributed by atoms with Crippen LogP contribution in [0, 0.1) is 5.92 Å². The monoisotopic (exact) mass is 282 g/mol. The van der Waals surface area contributed by atoms with Gasteiger partial charge >= 0.3 is 0 Å². The molecular formula is C15H26N2OS. The number of amides is 1. The number of carbonyl (C=O) groups excluding carboxylic acids is 1. The van der Waals surface area contributed by atoms with Gasteiger partial charge in [-0.05, 0) is 31.6 Å². The number of rotatable bonds is 2. The summed E-state index contributed by atoms with van der Waals surface area (Å²) < 4.78 is 0. The average molecular weight is 282 g/mol. The molecule has 0 bridgehead atoms. The summed E-state index contributed by atoms with van der Waals surface area (Å²) in [6.45, 7) is 2.08. The molecule has 3 fully saturated rings. The van der Waals surface area contributed by atoms with Crippen LogP contribution in [-0.4, -0.2) is 47.5 Å². The molecule has 1 aliphatic carbocycles. The second-order valence-electron chi connectivity index (χ2n) is 6.27. The van der Waals surface area contributed by atoms with E-state index in [1.807, 2.05) is 11.8 Å². The van der Waals surface area contributed by atoms with Crippen LogP contribution >= 0.6 is 11.8 Å². The van der Waals surface area contributed by atoms with Crippen molar-refractivity contribution in [2.45, 2.75) is 57.0 Å². The molecule has 0 aromatic heterocycles. The molecule has 0 radical (unpaired) electrons. The molecule has 3 nitrogen and oxygen atoms in total. The molecule has 3 aliphatic rings. The van der Waals surface area contributed by atoms with Crippen LogP contribution in [0.25, 0.3) is 0 Å². The predicted molar refractivity (Wildman–Crippen MR) is 80.4 cm³/mol. The molecule has 4 heteroatoms. The van der Waals surface area contributed by atoms with Crippen LogP contribution in [0.1, 0.15) is 44.9 Å². The first kappa shape index (κ1) is 13.7. The minimum atomic E-state index is 0.412. The topological polar surface area (TPSA) is 32.3 Å². The fraction of sp³-hybridized carbons (Fsp3) is 0.933. The number of likely N-dealkylation sites (tertiary alicyclic amines) is 1. The Morgan fingerprint density at radius 3 is 2.89 bits per heavy atom. The number of thioether (sulfide) groups is 1. The molecule has 3 unspecified atom stereocenters. The molecule has 2 aliphatic heterocycles. The second kappa shape index (κ2) is 6.49. The molecule has 3 rings (SSSR count). The quantitative estimate of drug-likeness (QED) is 0.843. The standard InChI is InChI=1S/C15H26N2OS/c18-15(10-13-11-19-9-7-16-13)17-8-3-5-12-4-1-2-6-14(12)17/h12-14,16H,1-11H2. The van der Waals surface area contributed by atoms with Crippen molar-refractivity contribution >= 4 is 17.7 Å². The van der Waals surface area contributed by atoms with Gasteiger partial charge in [-0.15, -0.1) is 0 Å². The third-order valence-corrected chi connectivity index (χ3v) is 6.11. The van der Waals surface area contributed by atoms with E-state index >= 15 is 0 Å². The van der Waals surface area contributed by atoms with Crippen molar-refractivity contribution in [3.05, 3.63) is 0 Å². The second-order valence-corrected chi connectivity index (χ2v) is 7.42. The van der Waals surface area contributed by atoms with Crippen molar-refractivity contribution in [1.82, 2.24) is 10.2 Å². The summed E-state index contributed by atoms with van der Waals surface area (Å²) in [7, 11) is 0. The van der Waals surface area contributed by atoms with Gasteiger partial charge in [0.25, 0.3) is 0 Å². The lowest BCUT2D eigenvalue weighted by atomic mass is 9.78. The Morgan fingerprint density at radius 1 is 1.21 bits per heavy atom. The summed E-state index contributed by atoms with van der Waals surface area (Å²) in [6, 6.07) is 0.987. The number of hydrogen-bond donors (Lipinski definition) is 1. The minimum Gasteiger partial charge on any atom is -0.339 e. The van der Waals surface area contributed by atoms with Gasteiger partial charge in [0.05, 0.1) is 0 Å². The van der Waals surface area contributed by atoms with Gasteiger partial charge in [-0.25, -0.2) is 0 Å². The van der Waals surface area contributed by atoms with Gasteiger partial charge in [-0.2, -0.15) is 11.8 Å². The Bertz CT molecular complexity index is 315. The van der Waals surface area contributed by atoms with Crippen LogP contribution in [-0.2, 0) is 4.79 Å². The number of nitrogens with zero attached hydrogens (tertiary/aromatic N) is 1. The first-order valence-electron chi connectivity index (χ1n) is 7.95. The van der Waals surface area contributed by atoms with E-state index in [2.05, 4.69) is 10.2 Å². The predicted octanol–water partition coefficient (Wildman–Crippen LogP) is 2.26. The van der Waals surface area contributed by atoms with Crippen molar-refractivity contribution in [3.63, 3.8) is 0 Å². The molecule has 0 spiro atoms. The third-order valence-electron chi connectivity index (χ3n) is 4.98. The van der Waals surface area contributed by atoms with Gasteiger partial charge in [-0.1, -0.05) is 12.8 Å². The van der Waals surface area contributed by atoms with Gasteiger partial charge in [-0.3, -0.25) is 4.79 Å². The molecule has 2 heterocycles. The number of piperidine rings is 1. The first-order valence-corrected chi connectivity index (χ1v) is 9.10. The highest BCUT2D eigenvalue weighted by Gasteiger charge is 2.36. The van der Waals surface area contributed by atoms with Crippen molar-refractivity contribution in [1.29, 1.82) is 0 Å². The van der Waals surface area contributed by atoms with Crippen LogP contribution in [0.2, 0.25) is 0 Å². The van der Waals surface area contributed by atoms with E-state index in [-0.39, 0.29) is 0 Å². The lowest BCUT2D eigenvalue weighted by molar-refractivity contribution is -0.138. The van der Waals surface area contributed by atoms with Crippen molar-refractivity contribution in [2.75, 3.05) is 24.6 Å². The molecule has 1 amide bonds. The number of carbonyl (C=O) groups is 1. The maximum Gasteiger partial charge on any atom is 0.224 e. The molecule has 2 saturated heterocycles. The summed E-state index contributed by atoms with van der Waals surface area (Å²) in [5, 5.41) is 3.49. The Morgan fingerprint density at radius 2 is 2.05 bits per heavy atom. The van der Waals surface area contributed by atoms with Crippen LogP contribution in [0.15, 0.2) is 0 Å². The molecule has 19 heavy (non-hydrogen) atoms. The van der Waals surface area contributed by atoms with Gasteiger partial charge in [0.2, 0.25) is 5.91 Å². The van der Waals surface area contributed by atoms with Crippen molar-refractivity contribution in [3.8, 4) is 0 Å². The van der Waals surface area contributed by atoms with E-state index in [0.29, 0.717) is 18.0 Å². The van der Waals surface area contributed by atoms with E-state index < -0.39 is 0 Å². The summed E-state index contributed by atoms with van der Waals surface area (Å²) in [6.07, 6.45) is 8.60. The Hall–Kier alpha value is -0.220. The largest absolute Gasteiger partial charge is 0.339 e. The van der Waals surface area contributed by atoms with Gasteiger partial charge in [0.1, 0.15) is 0 Å². The number of hydrogen-bond acceptors (Lipinski definition) is 3. The lowest BCUT2D eigenvalue weighted by Crippen LogP contribution is -2.51. The van der Waals surface area contributed by atoms with Crippen LogP contribution in [0.4, 0.5) is 0 Å². The van der Waals surface area contributed by atoms with Crippen LogP contribution < -0.4 is 5.32 Å². The highest BCUT2D eigenvalue weighted by Crippen LogP contribution is 2.35. The van der Waals surface area contributed by atoms with E-state index in [1.54, 1.807) is 0 Å². The summed E-state index contributed by atoms with van der Waals surface area (Å²) in [5.74, 6) is 3.52. The van der Waals surface area contributed by atoms with Crippen molar-refractivity contribution in [2.24, 2.45) is 5.92 Å². The fourth-order valence-corrected chi connectivity index (χ4v) is 4.96. The number of fused-ring (bicyclic) bond motifs is 1. The van der Waals surface area contributed by atoms with E-state index in [4.69, 9.17) is 0 Å². The van der Waals surface area contributed by atoms with E-state index in [0.717, 1.165) is 31.2 Å². The Labute approximate surface area is 120 Å². The Kier molecular flexibility index (Phi) is 4.69. The lowest BCUT2D eigenvalue weighted by Gasteiger charge is -2.44. The van der Waals surface area contributed by atoms with Gasteiger partial charge in [0, 0.05) is 43.1 Å². The molecule has 1 N–H and O–H groups in total. The maximum atomic E-state index is 12.6. The summed E-state index contributed by atoms with van der Waals surface area (Å²) in [5.41, 5.74) is 0. The van der Waals surface area contributed by atoms with Crippen LogP contribution in [0.3, 0.4) is 0 Å². The van der Waals surface area contributed by atoms with Gasteiger partial charge < -0.3 is 10.2 Å².